The van der Waals surface area contributed by atoms with Crippen molar-refractivity contribution in [2.75, 3.05) is 32.6 Å². The Labute approximate surface area is 180 Å². The van der Waals surface area contributed by atoms with Crippen LogP contribution in [0.1, 0.15) is 10.4 Å². The van der Waals surface area contributed by atoms with Crippen LogP contribution in [0.5, 0.6) is 5.75 Å². The first-order valence-electron chi connectivity index (χ1n) is 9.89. The number of hydrogen-bond donors (Lipinski definition) is 2. The number of fused-ring (bicyclic) bond motifs is 1. The number of para-hydroxylation sites is 1. The Hall–Kier alpha value is -3.91. The molecule has 0 aliphatic carbocycles. The predicted octanol–water partition coefficient (Wildman–Crippen LogP) is 3.20. The maximum Gasteiger partial charge on any atom is 0.250 e. The summed E-state index contributed by atoms with van der Waals surface area (Å²) in [6, 6.07) is 17.0. The van der Waals surface area contributed by atoms with Gasteiger partial charge in [0.25, 0.3) is 5.91 Å². The van der Waals surface area contributed by atoms with Crippen molar-refractivity contribution >= 4 is 28.4 Å². The van der Waals surface area contributed by atoms with Crippen LogP contribution in [0.2, 0.25) is 0 Å². The van der Waals surface area contributed by atoms with Crippen LogP contribution in [0.4, 0.5) is 11.6 Å². The molecule has 2 aromatic carbocycles. The largest absolute Gasteiger partial charge is 0.492 e. The van der Waals surface area contributed by atoms with Crippen molar-refractivity contribution in [2.24, 2.45) is 5.73 Å². The van der Waals surface area contributed by atoms with E-state index in [4.69, 9.17) is 10.5 Å². The first kappa shape index (κ1) is 20.4. The fourth-order valence-corrected chi connectivity index (χ4v) is 3.22. The van der Waals surface area contributed by atoms with E-state index in [0.29, 0.717) is 23.9 Å². The maximum absolute atomic E-state index is 11.8. The van der Waals surface area contributed by atoms with E-state index < -0.39 is 5.91 Å². The second-order valence-corrected chi connectivity index (χ2v) is 7.33. The number of primary amides is 1. The number of nitrogens with zero attached hydrogens (tertiary/aromatic N) is 4. The fourth-order valence-electron chi connectivity index (χ4n) is 3.22. The van der Waals surface area contributed by atoms with Gasteiger partial charge in [0.15, 0.2) is 0 Å². The van der Waals surface area contributed by atoms with E-state index in [2.05, 4.69) is 20.2 Å². The van der Waals surface area contributed by atoms with Gasteiger partial charge in [-0.2, -0.15) is 4.98 Å². The molecule has 0 aliphatic heterocycles. The average Bonchev–Trinajstić information content (AvgIpc) is 3.15. The van der Waals surface area contributed by atoms with Crippen LogP contribution in [-0.2, 0) is 0 Å². The molecule has 0 fully saturated rings. The lowest BCUT2D eigenvalue weighted by molar-refractivity contribution is 0.100. The molecule has 0 aliphatic rings. The Morgan fingerprint density at radius 2 is 1.90 bits per heavy atom. The number of rotatable bonds is 8. The van der Waals surface area contributed by atoms with Crippen molar-refractivity contribution in [3.8, 4) is 11.6 Å². The molecule has 4 aromatic rings. The first-order chi connectivity index (χ1) is 15.0. The first-order valence-corrected chi connectivity index (χ1v) is 9.89. The summed E-state index contributed by atoms with van der Waals surface area (Å²) >= 11 is 0. The Balaban J connectivity index is 1.55. The number of hydrogen-bond acceptors (Lipinski definition) is 6. The van der Waals surface area contributed by atoms with Crippen molar-refractivity contribution in [3.05, 3.63) is 72.6 Å². The molecule has 0 spiro atoms. The van der Waals surface area contributed by atoms with Crippen molar-refractivity contribution in [2.45, 2.75) is 0 Å². The zero-order chi connectivity index (χ0) is 21.8. The third kappa shape index (κ3) is 4.65. The molecule has 2 aromatic heterocycles. The minimum absolute atomic E-state index is 0.442. The summed E-state index contributed by atoms with van der Waals surface area (Å²) in [6.07, 6.45) is 3.38. The van der Waals surface area contributed by atoms with Crippen LogP contribution < -0.4 is 15.8 Å². The van der Waals surface area contributed by atoms with E-state index in [0.717, 1.165) is 28.9 Å². The lowest BCUT2D eigenvalue weighted by Crippen LogP contribution is -2.19. The second kappa shape index (κ2) is 8.85. The molecule has 3 N–H and O–H groups in total. The number of carbonyl (C=O) groups excluding carboxylic acids is 1. The summed E-state index contributed by atoms with van der Waals surface area (Å²) < 4.78 is 7.56. The van der Waals surface area contributed by atoms with Crippen molar-refractivity contribution in [1.82, 2.24) is 19.4 Å². The molecule has 0 bridgehead atoms. The molecule has 31 heavy (non-hydrogen) atoms. The number of amides is 1. The molecule has 0 saturated heterocycles. The van der Waals surface area contributed by atoms with Gasteiger partial charge in [0.05, 0.1) is 11.1 Å². The van der Waals surface area contributed by atoms with Gasteiger partial charge in [-0.15, -0.1) is 0 Å². The van der Waals surface area contributed by atoms with Gasteiger partial charge >= 0.3 is 0 Å². The highest BCUT2D eigenvalue weighted by Gasteiger charge is 2.14. The third-order valence-electron chi connectivity index (χ3n) is 4.78. The van der Waals surface area contributed by atoms with Gasteiger partial charge in [0, 0.05) is 30.0 Å². The minimum Gasteiger partial charge on any atom is -0.492 e. The van der Waals surface area contributed by atoms with Gasteiger partial charge in [0.2, 0.25) is 5.95 Å². The lowest BCUT2D eigenvalue weighted by Gasteiger charge is -2.12. The van der Waals surface area contributed by atoms with Crippen LogP contribution in [0.25, 0.3) is 16.7 Å². The molecule has 1 amide bonds. The molecule has 4 rings (SSSR count). The Morgan fingerprint density at radius 1 is 1.13 bits per heavy atom. The van der Waals surface area contributed by atoms with Crippen LogP contribution >= 0.6 is 0 Å². The van der Waals surface area contributed by atoms with Crippen LogP contribution in [0.3, 0.4) is 0 Å². The third-order valence-corrected chi connectivity index (χ3v) is 4.78. The number of ether oxygens (including phenoxy) is 1. The number of nitrogens with one attached hydrogen (secondary N) is 1. The zero-order valence-electron chi connectivity index (χ0n) is 17.4. The van der Waals surface area contributed by atoms with Gasteiger partial charge in [-0.1, -0.05) is 18.2 Å². The molecular formula is C23H24N6O2. The molecule has 2 heterocycles. The molecule has 8 heteroatoms. The average molecular weight is 416 g/mol. The molecule has 8 nitrogen and oxygen atoms in total. The highest BCUT2D eigenvalue weighted by molar-refractivity contribution is 6.06. The summed E-state index contributed by atoms with van der Waals surface area (Å²) in [4.78, 5) is 22.8. The Morgan fingerprint density at radius 3 is 2.65 bits per heavy atom. The highest BCUT2D eigenvalue weighted by atomic mass is 16.5. The molecular weight excluding hydrogens is 392 g/mol. The summed E-state index contributed by atoms with van der Waals surface area (Å²) in [5.74, 6) is 1.40. The Kier molecular flexibility index (Phi) is 5.81. The molecule has 0 saturated carbocycles. The van der Waals surface area contributed by atoms with Gasteiger partial charge < -0.3 is 25.3 Å². The molecule has 0 atom stereocenters. The monoisotopic (exact) mass is 416 g/mol. The molecule has 0 unspecified atom stereocenters. The SMILES string of the molecule is CN(C)CCOc1ccc(Nc2nccc(-n3cc(C(N)=O)c4ccccc43)n2)cc1. The van der Waals surface area contributed by atoms with Crippen LogP contribution in [0.15, 0.2) is 67.0 Å². The fraction of sp³-hybridized carbons (Fsp3) is 0.174. The maximum atomic E-state index is 11.8. The number of carbonyl (C=O) groups is 1. The van der Waals surface area contributed by atoms with Crippen LogP contribution in [-0.4, -0.2) is 52.6 Å². The smallest absolute Gasteiger partial charge is 0.250 e. The van der Waals surface area contributed by atoms with Crippen molar-refractivity contribution < 1.29 is 9.53 Å². The van der Waals surface area contributed by atoms with E-state index in [1.165, 1.54) is 0 Å². The van der Waals surface area contributed by atoms with Crippen molar-refractivity contribution in [1.29, 1.82) is 0 Å². The van der Waals surface area contributed by atoms with E-state index in [9.17, 15) is 4.79 Å². The highest BCUT2D eigenvalue weighted by Crippen LogP contribution is 2.25. The quantitative estimate of drug-likeness (QED) is 0.458. The van der Waals surface area contributed by atoms with Crippen molar-refractivity contribution in [3.63, 3.8) is 0 Å². The number of anilines is 2. The van der Waals surface area contributed by atoms with E-state index in [1.54, 1.807) is 18.5 Å². The Bertz CT molecular complexity index is 1200. The summed E-state index contributed by atoms with van der Waals surface area (Å²) in [7, 11) is 4.02. The van der Waals surface area contributed by atoms with Gasteiger partial charge in [0.1, 0.15) is 18.2 Å². The predicted molar refractivity (Wildman–Crippen MR) is 121 cm³/mol. The molecule has 158 valence electrons. The van der Waals surface area contributed by atoms with E-state index in [1.807, 2.05) is 67.2 Å². The zero-order valence-corrected chi connectivity index (χ0v) is 17.4. The van der Waals surface area contributed by atoms with Gasteiger partial charge in [-0.25, -0.2) is 4.98 Å². The minimum atomic E-state index is -0.477. The molecule has 0 radical (unpaired) electrons. The number of aromatic nitrogens is 3. The number of likely N-dealkylation sites (N-methyl/N-ethyl adjacent to an activating group) is 1. The van der Waals surface area contributed by atoms with Crippen LogP contribution in [0, 0.1) is 0 Å². The van der Waals surface area contributed by atoms with E-state index >= 15 is 0 Å². The summed E-state index contributed by atoms with van der Waals surface area (Å²) in [5.41, 5.74) is 7.69. The number of benzene rings is 2. The van der Waals surface area contributed by atoms with Gasteiger partial charge in [-0.05, 0) is 50.5 Å². The second-order valence-electron chi connectivity index (χ2n) is 7.33. The van der Waals surface area contributed by atoms with Gasteiger partial charge in [-0.3, -0.25) is 4.79 Å². The topological polar surface area (TPSA) is 98.3 Å². The normalized spacial score (nSPS) is 11.1. The summed E-state index contributed by atoms with van der Waals surface area (Å²) in [6.45, 7) is 1.48. The standard InChI is InChI=1S/C23H24N6O2/c1-28(2)13-14-31-17-9-7-16(8-10-17)26-23-25-12-11-21(27-23)29-15-19(22(24)30)18-5-3-4-6-20(18)29/h3-12,15H,13-14H2,1-2H3,(H2,24,30)(H,25,26,27). The lowest BCUT2D eigenvalue weighted by atomic mass is 10.2. The summed E-state index contributed by atoms with van der Waals surface area (Å²) in [5, 5.41) is 3.99. The van der Waals surface area contributed by atoms with E-state index in [-0.39, 0.29) is 0 Å². The number of nitrogens with two attached hydrogens (primary N) is 1.